The van der Waals surface area contributed by atoms with Crippen molar-refractivity contribution in [3.63, 3.8) is 0 Å². The Morgan fingerprint density at radius 1 is 1.33 bits per heavy atom. The molecular formula is C15H21BrF3NO. The van der Waals surface area contributed by atoms with Gasteiger partial charge >= 0.3 is 6.18 Å². The van der Waals surface area contributed by atoms with Crippen LogP contribution < -0.4 is 4.90 Å². The summed E-state index contributed by atoms with van der Waals surface area (Å²) >= 11 is 3.20. The van der Waals surface area contributed by atoms with Gasteiger partial charge in [0.15, 0.2) is 0 Å². The molecule has 0 aliphatic rings. The second-order valence-electron chi connectivity index (χ2n) is 4.93. The van der Waals surface area contributed by atoms with E-state index in [9.17, 15) is 13.2 Å². The lowest BCUT2D eigenvalue weighted by Crippen LogP contribution is -2.36. The zero-order valence-electron chi connectivity index (χ0n) is 12.5. The summed E-state index contributed by atoms with van der Waals surface area (Å²) in [5, 5.41) is 0.401. The predicted octanol–water partition coefficient (Wildman–Crippen LogP) is 4.85. The average molecular weight is 368 g/mol. The van der Waals surface area contributed by atoms with Gasteiger partial charge in [0.25, 0.3) is 0 Å². The van der Waals surface area contributed by atoms with Crippen LogP contribution in [0.3, 0.4) is 0 Å². The molecule has 0 aliphatic carbocycles. The highest BCUT2D eigenvalue weighted by Crippen LogP contribution is 2.38. The Morgan fingerprint density at radius 3 is 2.48 bits per heavy atom. The summed E-state index contributed by atoms with van der Waals surface area (Å²) in [6, 6.07) is 4.51. The van der Waals surface area contributed by atoms with Crippen LogP contribution >= 0.6 is 15.9 Å². The smallest absolute Gasteiger partial charge is 0.383 e. The van der Waals surface area contributed by atoms with Gasteiger partial charge in [-0.1, -0.05) is 28.9 Å². The summed E-state index contributed by atoms with van der Waals surface area (Å²) in [6.45, 7) is 4.71. The minimum absolute atomic E-state index is 0.0103. The lowest BCUT2D eigenvalue weighted by Gasteiger charge is -2.33. The van der Waals surface area contributed by atoms with Crippen molar-refractivity contribution in [2.75, 3.05) is 25.2 Å². The SMILES string of the molecule is CCC(C)N(CCOC)c1ccc(CBr)cc1C(F)(F)F. The van der Waals surface area contributed by atoms with Crippen LogP contribution in [-0.2, 0) is 16.2 Å². The third-order valence-electron chi connectivity index (χ3n) is 3.49. The monoisotopic (exact) mass is 367 g/mol. The molecule has 1 atom stereocenters. The maximum Gasteiger partial charge on any atom is 0.418 e. The first-order chi connectivity index (χ1) is 9.85. The number of rotatable bonds is 7. The Balaban J connectivity index is 3.28. The molecule has 0 fully saturated rings. The van der Waals surface area contributed by atoms with Crippen LogP contribution in [0.25, 0.3) is 0 Å². The molecule has 21 heavy (non-hydrogen) atoms. The maximum absolute atomic E-state index is 13.3. The van der Waals surface area contributed by atoms with Crippen LogP contribution in [0.1, 0.15) is 31.4 Å². The first-order valence-corrected chi connectivity index (χ1v) is 7.98. The molecule has 1 rings (SSSR count). The fraction of sp³-hybridized carbons (Fsp3) is 0.600. The van der Waals surface area contributed by atoms with E-state index in [0.29, 0.717) is 24.0 Å². The van der Waals surface area contributed by atoms with E-state index in [4.69, 9.17) is 4.74 Å². The Bertz CT molecular complexity index is 451. The third-order valence-corrected chi connectivity index (χ3v) is 4.14. The van der Waals surface area contributed by atoms with Gasteiger partial charge in [-0.25, -0.2) is 0 Å². The second-order valence-corrected chi connectivity index (χ2v) is 5.49. The van der Waals surface area contributed by atoms with Crippen LogP contribution in [0.15, 0.2) is 18.2 Å². The van der Waals surface area contributed by atoms with E-state index in [2.05, 4.69) is 15.9 Å². The van der Waals surface area contributed by atoms with Gasteiger partial charge in [-0.05, 0) is 31.0 Å². The van der Waals surface area contributed by atoms with Crippen molar-refractivity contribution in [3.05, 3.63) is 29.3 Å². The summed E-state index contributed by atoms with van der Waals surface area (Å²) in [4.78, 5) is 1.77. The Labute approximate surface area is 132 Å². The van der Waals surface area contributed by atoms with E-state index >= 15 is 0 Å². The van der Waals surface area contributed by atoms with Gasteiger partial charge < -0.3 is 9.64 Å². The lowest BCUT2D eigenvalue weighted by molar-refractivity contribution is -0.137. The molecule has 1 aromatic rings. The number of anilines is 1. The molecule has 0 radical (unpaired) electrons. The molecule has 2 nitrogen and oxygen atoms in total. The summed E-state index contributed by atoms with van der Waals surface area (Å²) in [5.74, 6) is 0. The molecule has 0 N–H and O–H groups in total. The van der Waals surface area contributed by atoms with Crippen molar-refractivity contribution in [1.82, 2.24) is 0 Å². The highest BCUT2D eigenvalue weighted by Gasteiger charge is 2.35. The number of benzene rings is 1. The Morgan fingerprint density at radius 2 is 2.00 bits per heavy atom. The average Bonchev–Trinajstić information content (AvgIpc) is 2.46. The first kappa shape index (κ1) is 18.3. The quantitative estimate of drug-likeness (QED) is 0.638. The molecule has 1 unspecified atom stereocenters. The molecular weight excluding hydrogens is 347 g/mol. The number of nitrogens with zero attached hydrogens (tertiary/aromatic N) is 1. The van der Waals surface area contributed by atoms with Gasteiger partial charge in [-0.2, -0.15) is 13.2 Å². The minimum atomic E-state index is -4.37. The summed E-state index contributed by atoms with van der Waals surface area (Å²) in [7, 11) is 1.55. The van der Waals surface area contributed by atoms with Crippen molar-refractivity contribution in [2.45, 2.75) is 37.8 Å². The predicted molar refractivity (Wildman–Crippen MR) is 83.1 cm³/mol. The highest BCUT2D eigenvalue weighted by molar-refractivity contribution is 9.08. The van der Waals surface area contributed by atoms with Gasteiger partial charge in [0.1, 0.15) is 0 Å². The van der Waals surface area contributed by atoms with Crippen molar-refractivity contribution in [2.24, 2.45) is 0 Å². The number of hydrogen-bond acceptors (Lipinski definition) is 2. The molecule has 0 amide bonds. The van der Waals surface area contributed by atoms with Gasteiger partial charge in [0.05, 0.1) is 12.2 Å². The fourth-order valence-corrected chi connectivity index (χ4v) is 2.48. The molecule has 0 aliphatic heterocycles. The highest BCUT2D eigenvalue weighted by atomic mass is 79.9. The van der Waals surface area contributed by atoms with Crippen molar-refractivity contribution in [1.29, 1.82) is 0 Å². The van der Waals surface area contributed by atoms with E-state index in [1.165, 1.54) is 6.07 Å². The van der Waals surface area contributed by atoms with Crippen LogP contribution in [0, 0.1) is 0 Å². The van der Waals surface area contributed by atoms with Crippen LogP contribution in [0.5, 0.6) is 0 Å². The fourth-order valence-electron chi connectivity index (χ4n) is 2.13. The Kier molecular flexibility index (Phi) is 7.00. The normalized spacial score (nSPS) is 13.3. The molecule has 1 aromatic carbocycles. The third kappa shape index (κ3) is 4.88. The molecule has 0 saturated carbocycles. The van der Waals surface area contributed by atoms with Crippen LogP contribution in [-0.4, -0.2) is 26.3 Å². The zero-order valence-corrected chi connectivity index (χ0v) is 14.1. The molecule has 6 heteroatoms. The summed E-state index contributed by atoms with van der Waals surface area (Å²) in [6.07, 6.45) is -3.60. The maximum atomic E-state index is 13.3. The largest absolute Gasteiger partial charge is 0.418 e. The van der Waals surface area contributed by atoms with E-state index in [1.54, 1.807) is 24.1 Å². The number of hydrogen-bond donors (Lipinski definition) is 0. The van der Waals surface area contributed by atoms with E-state index in [1.807, 2.05) is 13.8 Å². The Hall–Kier alpha value is -0.750. The molecule has 120 valence electrons. The lowest BCUT2D eigenvalue weighted by atomic mass is 10.1. The minimum Gasteiger partial charge on any atom is -0.383 e. The van der Waals surface area contributed by atoms with Gasteiger partial charge in [-0.15, -0.1) is 0 Å². The summed E-state index contributed by atoms with van der Waals surface area (Å²) in [5.41, 5.74) is 0.247. The topological polar surface area (TPSA) is 12.5 Å². The van der Waals surface area contributed by atoms with Crippen molar-refractivity contribution < 1.29 is 17.9 Å². The molecule has 0 spiro atoms. The standard InChI is InChI=1S/C15H21BrF3NO/c1-4-11(2)20(7-8-21-3)14-6-5-12(10-16)9-13(14)15(17,18)19/h5-6,9,11H,4,7-8,10H2,1-3H3. The van der Waals surface area contributed by atoms with E-state index in [-0.39, 0.29) is 11.7 Å². The number of halogens is 4. The molecule has 0 saturated heterocycles. The van der Waals surface area contributed by atoms with E-state index in [0.717, 1.165) is 6.42 Å². The van der Waals surface area contributed by atoms with Crippen LogP contribution in [0.4, 0.5) is 18.9 Å². The van der Waals surface area contributed by atoms with Crippen molar-refractivity contribution in [3.8, 4) is 0 Å². The number of ether oxygens (including phenoxy) is 1. The van der Waals surface area contributed by atoms with Gasteiger partial charge in [-0.3, -0.25) is 0 Å². The van der Waals surface area contributed by atoms with Gasteiger partial charge in [0, 0.05) is 30.7 Å². The van der Waals surface area contributed by atoms with Gasteiger partial charge in [0.2, 0.25) is 0 Å². The summed E-state index contributed by atoms with van der Waals surface area (Å²) < 4.78 is 45.1. The number of alkyl halides is 4. The molecule has 0 bridgehead atoms. The number of methoxy groups -OCH3 is 1. The zero-order chi connectivity index (χ0) is 16.0. The van der Waals surface area contributed by atoms with Crippen LogP contribution in [0.2, 0.25) is 0 Å². The van der Waals surface area contributed by atoms with Crippen molar-refractivity contribution >= 4 is 21.6 Å². The van der Waals surface area contributed by atoms with E-state index < -0.39 is 11.7 Å². The first-order valence-electron chi connectivity index (χ1n) is 6.86. The molecule has 0 aromatic heterocycles. The molecule has 0 heterocycles. The second kappa shape index (κ2) is 8.03.